The Morgan fingerprint density at radius 1 is 0.333 bits per heavy atom. The molecule has 0 aliphatic rings. The second-order valence-electron chi connectivity index (χ2n) is 11.1. The molecule has 0 aliphatic heterocycles. The van der Waals surface area contributed by atoms with Crippen LogP contribution in [0.4, 0.5) is 0 Å². The maximum Gasteiger partial charge on any atom is 0.180 e. The second kappa shape index (κ2) is 35.5. The second-order valence-corrected chi connectivity index (χ2v) is 19.5. The average Bonchev–Trinajstić information content (AvgIpc) is 3.97. The van der Waals surface area contributed by atoms with E-state index in [1.807, 2.05) is 0 Å². The first-order chi connectivity index (χ1) is 27.3. The number of imidazole rings is 2. The number of nitrogens with zero attached hydrogens (tertiary/aromatic N) is 2. The molecule has 0 aliphatic carbocycles. The van der Waals surface area contributed by atoms with Crippen LogP contribution in [0.3, 0.4) is 0 Å². The first kappa shape index (κ1) is 59.2. The summed E-state index contributed by atoms with van der Waals surface area (Å²) < 4.78 is -1.50. The van der Waals surface area contributed by atoms with Gasteiger partial charge in [-0.3, -0.25) is 0 Å². The van der Waals surface area contributed by atoms with Crippen molar-refractivity contribution in [1.29, 1.82) is 0 Å². The molecule has 0 saturated heterocycles. The molecule has 317 valence electrons. The fourth-order valence-corrected chi connectivity index (χ4v) is 9.76. The van der Waals surface area contributed by atoms with E-state index in [4.69, 9.17) is 69.6 Å². The van der Waals surface area contributed by atoms with Gasteiger partial charge in [0.15, 0.2) is 20.2 Å². The molecule has 16 heteroatoms. The van der Waals surface area contributed by atoms with Gasteiger partial charge in [0.1, 0.15) is 0 Å². The van der Waals surface area contributed by atoms with Crippen molar-refractivity contribution in [3.63, 3.8) is 0 Å². The number of H-pyrrole nitrogens is 2. The number of nitrogens with one attached hydrogen (secondary N) is 2. The predicted molar refractivity (Wildman–Crippen MR) is 249 cm³/mol. The minimum Gasteiger partial charge on any atom is -1.00 e. The van der Waals surface area contributed by atoms with Crippen molar-refractivity contribution < 1.29 is 92.4 Å². The first-order valence-electron chi connectivity index (χ1n) is 17.1. The van der Waals surface area contributed by atoms with Crippen molar-refractivity contribution in [3.05, 3.63) is 207 Å². The monoisotopic (exact) mass is 1460 g/mol. The van der Waals surface area contributed by atoms with Crippen molar-refractivity contribution in [1.82, 2.24) is 19.9 Å². The predicted octanol–water partition coefficient (Wildman–Crippen LogP) is 2.67. The van der Waals surface area contributed by atoms with E-state index in [9.17, 15) is 0 Å². The Morgan fingerprint density at radius 3 is 0.633 bits per heavy atom. The number of aromatic nitrogens is 4. The van der Waals surface area contributed by atoms with Crippen LogP contribution in [-0.2, 0) is 20.4 Å². The molecule has 0 saturated carbocycles. The molecular weight excluding hydrogens is 1430 g/mol. The number of alkyl halides is 6. The normalized spacial score (nSPS) is 9.57. The fraction of sp³-hybridized carbons (Fsp3) is 0.0455. The molecule has 8 aromatic rings. The summed E-state index contributed by atoms with van der Waals surface area (Å²) >= 11 is 28.8. The summed E-state index contributed by atoms with van der Waals surface area (Å²) in [6.07, 6.45) is 6.91. The van der Waals surface area contributed by atoms with E-state index in [0.717, 1.165) is 11.6 Å². The first-order valence-corrected chi connectivity index (χ1v) is 22.4. The molecule has 60 heavy (non-hydrogen) atoms. The number of halogens is 9. The van der Waals surface area contributed by atoms with E-state index in [2.05, 4.69) is 202 Å². The molecule has 1 radical (unpaired) electrons. The van der Waals surface area contributed by atoms with E-state index in [-0.39, 0.29) is 92.4 Å². The number of hydrogen-bond acceptors (Lipinski definition) is 2. The van der Waals surface area contributed by atoms with Gasteiger partial charge in [0.2, 0.25) is 0 Å². The Morgan fingerprint density at radius 2 is 0.500 bits per heavy atom. The van der Waals surface area contributed by atoms with Crippen molar-refractivity contribution in [3.8, 4) is 11.6 Å². The molecule has 2 heterocycles. The van der Waals surface area contributed by atoms with Gasteiger partial charge >= 0.3 is 0 Å². The minimum absolute atomic E-state index is 0. The number of benzene rings is 6. The van der Waals surface area contributed by atoms with E-state index >= 15 is 0 Å². The summed E-state index contributed by atoms with van der Waals surface area (Å²) in [4.78, 5) is 13.9. The molecule has 0 fully saturated rings. The van der Waals surface area contributed by atoms with E-state index in [0.29, 0.717) is 0 Å². The Bertz CT molecular complexity index is 1790. The van der Waals surface area contributed by atoms with Gasteiger partial charge in [-0.2, -0.15) is 0 Å². The number of aromatic amines is 2. The summed E-state index contributed by atoms with van der Waals surface area (Å²) in [5, 5.41) is 8.39. The van der Waals surface area contributed by atoms with Crippen LogP contribution in [0.2, 0.25) is 0 Å². The van der Waals surface area contributed by atoms with Gasteiger partial charge in [0.25, 0.3) is 0 Å². The Labute approximate surface area is 450 Å². The Hall–Kier alpha value is -0.808. The van der Waals surface area contributed by atoms with Crippen LogP contribution in [0.5, 0.6) is 0 Å². The number of rotatable bonds is 7. The van der Waals surface area contributed by atoms with Crippen LogP contribution in [0.1, 0.15) is 0 Å². The fourth-order valence-electron chi connectivity index (χ4n) is 5.15. The number of hydrogen-bond donors (Lipinski definition) is 2. The van der Waals surface area contributed by atoms with Gasteiger partial charge in [0, 0.05) is 45.2 Å². The molecule has 0 spiro atoms. The molecule has 2 aromatic heterocycles. The van der Waals surface area contributed by atoms with E-state index < -0.39 is 24.4 Å². The molecule has 8 rings (SSSR count). The molecule has 0 atom stereocenters. The maximum atomic E-state index is 4.81. The quantitative estimate of drug-likeness (QED) is 0.147. The smallest absolute Gasteiger partial charge is 0.180 e. The third-order valence-corrected chi connectivity index (χ3v) is 12.2. The minimum atomic E-state index is -0.750. The summed E-state index contributed by atoms with van der Waals surface area (Å²) in [7, 11) is -0.892. The largest absolute Gasteiger partial charge is 1.00 e. The zero-order valence-electron chi connectivity index (χ0n) is 31.4. The van der Waals surface area contributed by atoms with Gasteiger partial charge < -0.3 is 81.9 Å². The van der Waals surface area contributed by atoms with Gasteiger partial charge in [-0.1, -0.05) is 252 Å². The third-order valence-electron chi connectivity index (χ3n) is 7.31. The molecule has 6 aromatic carbocycles. The summed E-state index contributed by atoms with van der Waals surface area (Å²) in [5.41, 5.74) is 0. The van der Waals surface area contributed by atoms with Crippen LogP contribution in [0.25, 0.3) is 11.6 Å². The topological polar surface area (TPSA) is 57.4 Å². The van der Waals surface area contributed by atoms with Gasteiger partial charge in [0.05, 0.1) is 0 Å². The SMILES string of the molecule is ClC(Cl)Cl.ClC(Cl)Cl.[I-].[I-].[I-].[Re].c1c[nH]c(-c2ncc[nH]2)n1.c1ccc(P(c2ccccc2)c2ccccc2)cc1.c1ccc(P(c2ccccc2)c2ccccc2)cc1. The van der Waals surface area contributed by atoms with Crippen LogP contribution in [0, 0.1) is 0 Å². The van der Waals surface area contributed by atoms with Gasteiger partial charge in [-0.05, 0) is 47.7 Å². The van der Waals surface area contributed by atoms with Crippen molar-refractivity contribution in [2.45, 2.75) is 8.59 Å². The van der Waals surface area contributed by atoms with Crippen molar-refractivity contribution in [2.75, 3.05) is 0 Å². The van der Waals surface area contributed by atoms with E-state index in [1.165, 1.54) is 31.8 Å². The molecule has 0 amide bonds. The Balaban J connectivity index is 0.000000797. The van der Waals surface area contributed by atoms with Crippen molar-refractivity contribution >= 4 is 117 Å². The van der Waals surface area contributed by atoms with Crippen LogP contribution in [-0.4, -0.2) is 28.5 Å². The zero-order chi connectivity index (χ0) is 39.8. The average molecular weight is 1460 g/mol. The van der Waals surface area contributed by atoms with Crippen LogP contribution in [0.15, 0.2) is 207 Å². The standard InChI is InChI=1S/2C18H15P.C6H6N4.2CHCl3.3HI.Re/c2*1-4-10-16(11-5-1)19(17-12-6-2-7-13-17)18-14-8-3-9-15-18;1-2-8-5(7-1)6-9-3-4-10-6;2*2-1(3)4;;;;/h2*1-15H;1-4H,(H,7,8)(H,9,10);2*1H;3*1H;/p-3. The molecular formula is C44H38Cl6I3N4P2Re-3. The van der Waals surface area contributed by atoms with Crippen LogP contribution < -0.4 is 104 Å². The summed E-state index contributed by atoms with van der Waals surface area (Å²) in [6, 6.07) is 64.7. The zero-order valence-corrected chi connectivity index (χ0v) is 46.9. The summed E-state index contributed by atoms with van der Waals surface area (Å²) in [5.74, 6) is 1.54. The molecule has 0 unspecified atom stereocenters. The summed E-state index contributed by atoms with van der Waals surface area (Å²) in [6.45, 7) is 0. The van der Waals surface area contributed by atoms with Gasteiger partial charge in [-0.15, -0.1) is 0 Å². The maximum absolute atomic E-state index is 4.81. The van der Waals surface area contributed by atoms with E-state index in [1.54, 1.807) is 24.8 Å². The molecule has 0 bridgehead atoms. The third kappa shape index (κ3) is 22.7. The van der Waals surface area contributed by atoms with Crippen LogP contribution >= 0.6 is 85.4 Å². The van der Waals surface area contributed by atoms with Crippen molar-refractivity contribution in [2.24, 2.45) is 0 Å². The molecule has 4 nitrogen and oxygen atoms in total. The molecule has 2 N–H and O–H groups in total. The Kier molecular flexibility index (Phi) is 35.1. The van der Waals surface area contributed by atoms with Gasteiger partial charge in [-0.25, -0.2) is 9.97 Å².